The summed E-state index contributed by atoms with van der Waals surface area (Å²) >= 11 is 0. The summed E-state index contributed by atoms with van der Waals surface area (Å²) in [5, 5.41) is 6.78. The minimum atomic E-state index is -0.255. The maximum absolute atomic E-state index is 12.7. The van der Waals surface area contributed by atoms with Crippen LogP contribution in [0.2, 0.25) is 0 Å². The van der Waals surface area contributed by atoms with Crippen LogP contribution in [0.1, 0.15) is 66.2 Å². The minimum Gasteiger partial charge on any atom is -0.353 e. The highest BCUT2D eigenvalue weighted by Crippen LogP contribution is 2.37. The summed E-state index contributed by atoms with van der Waals surface area (Å²) in [6.45, 7) is 11.0. The summed E-state index contributed by atoms with van der Waals surface area (Å²) in [7, 11) is 0. The Morgan fingerprint density at radius 2 is 2.00 bits per heavy atom. The molecular formula is C17H32N2O. The standard InChI is InChI=1S/C17H32N2O/c1-16(2)9-5-8-14(11-16)19-15(20)17(3,4)13-7-6-10-18-12-13/h13-14,18H,5-12H2,1-4H3,(H,19,20). The molecule has 1 saturated carbocycles. The topological polar surface area (TPSA) is 41.1 Å². The number of rotatable bonds is 3. The fraction of sp³-hybridized carbons (Fsp3) is 0.941. The maximum atomic E-state index is 12.7. The molecule has 0 spiro atoms. The molecule has 0 radical (unpaired) electrons. The number of hydrogen-bond donors (Lipinski definition) is 2. The van der Waals surface area contributed by atoms with Crippen LogP contribution >= 0.6 is 0 Å². The first-order valence-electron chi connectivity index (χ1n) is 8.33. The van der Waals surface area contributed by atoms with E-state index in [4.69, 9.17) is 0 Å². The van der Waals surface area contributed by atoms with Gasteiger partial charge in [0.1, 0.15) is 0 Å². The normalized spacial score (nSPS) is 30.8. The van der Waals surface area contributed by atoms with Gasteiger partial charge in [0.05, 0.1) is 0 Å². The van der Waals surface area contributed by atoms with Gasteiger partial charge in [0.15, 0.2) is 0 Å². The van der Waals surface area contributed by atoms with Crippen LogP contribution in [-0.2, 0) is 4.79 Å². The summed E-state index contributed by atoms with van der Waals surface area (Å²) in [5.74, 6) is 0.724. The molecule has 0 bridgehead atoms. The van der Waals surface area contributed by atoms with E-state index in [1.165, 1.54) is 25.7 Å². The third kappa shape index (κ3) is 3.75. The monoisotopic (exact) mass is 280 g/mol. The second-order valence-electron chi connectivity index (χ2n) is 8.20. The Morgan fingerprint density at radius 1 is 1.25 bits per heavy atom. The van der Waals surface area contributed by atoms with Crippen LogP contribution in [0.5, 0.6) is 0 Å². The third-order valence-corrected chi connectivity index (χ3v) is 5.44. The summed E-state index contributed by atoms with van der Waals surface area (Å²) in [6, 6.07) is 0.377. The molecule has 0 aromatic carbocycles. The largest absolute Gasteiger partial charge is 0.353 e. The molecule has 1 aliphatic carbocycles. The Bertz CT molecular complexity index is 343. The molecule has 2 atom stereocenters. The summed E-state index contributed by atoms with van der Waals surface area (Å²) in [6.07, 6.45) is 7.16. The van der Waals surface area contributed by atoms with Crippen LogP contribution in [-0.4, -0.2) is 25.0 Å². The van der Waals surface area contributed by atoms with Crippen molar-refractivity contribution in [2.75, 3.05) is 13.1 Å². The van der Waals surface area contributed by atoms with E-state index < -0.39 is 0 Å². The predicted molar refractivity (Wildman–Crippen MR) is 83.6 cm³/mol. The second kappa shape index (κ2) is 6.05. The molecule has 2 rings (SSSR count). The molecule has 2 N–H and O–H groups in total. The van der Waals surface area contributed by atoms with E-state index >= 15 is 0 Å². The molecule has 1 saturated heterocycles. The highest BCUT2D eigenvalue weighted by atomic mass is 16.2. The van der Waals surface area contributed by atoms with Gasteiger partial charge in [0.25, 0.3) is 0 Å². The quantitative estimate of drug-likeness (QED) is 0.834. The Labute approximate surface area is 124 Å². The summed E-state index contributed by atoms with van der Waals surface area (Å²) in [5.41, 5.74) is 0.127. The van der Waals surface area contributed by atoms with E-state index in [0.29, 0.717) is 17.4 Å². The number of amides is 1. The lowest BCUT2D eigenvalue weighted by Crippen LogP contribution is -2.51. The van der Waals surface area contributed by atoms with E-state index in [1.807, 2.05) is 0 Å². The summed E-state index contributed by atoms with van der Waals surface area (Å²) in [4.78, 5) is 12.7. The van der Waals surface area contributed by atoms with Crippen molar-refractivity contribution in [2.45, 2.75) is 72.3 Å². The molecule has 1 amide bonds. The van der Waals surface area contributed by atoms with Gasteiger partial charge in [-0.15, -0.1) is 0 Å². The number of carbonyl (C=O) groups is 1. The van der Waals surface area contributed by atoms with Gasteiger partial charge in [-0.25, -0.2) is 0 Å². The fourth-order valence-electron chi connectivity index (χ4n) is 3.85. The Kier molecular flexibility index (Phi) is 4.78. The molecule has 0 aromatic heterocycles. The molecule has 2 aliphatic rings. The van der Waals surface area contributed by atoms with Crippen LogP contribution in [0.25, 0.3) is 0 Å². The first kappa shape index (κ1) is 15.8. The van der Waals surface area contributed by atoms with Crippen molar-refractivity contribution in [2.24, 2.45) is 16.7 Å². The van der Waals surface area contributed by atoms with Crippen molar-refractivity contribution >= 4 is 5.91 Å². The lowest BCUT2D eigenvalue weighted by atomic mass is 9.72. The van der Waals surface area contributed by atoms with Crippen LogP contribution < -0.4 is 10.6 Å². The van der Waals surface area contributed by atoms with Crippen molar-refractivity contribution in [1.82, 2.24) is 10.6 Å². The zero-order valence-corrected chi connectivity index (χ0v) is 13.7. The molecule has 3 nitrogen and oxygen atoms in total. The second-order valence-corrected chi connectivity index (χ2v) is 8.20. The number of piperidine rings is 1. The van der Waals surface area contributed by atoms with Crippen molar-refractivity contribution in [3.63, 3.8) is 0 Å². The van der Waals surface area contributed by atoms with Gasteiger partial charge in [-0.05, 0) is 56.5 Å². The van der Waals surface area contributed by atoms with E-state index in [9.17, 15) is 4.79 Å². The Hall–Kier alpha value is -0.570. The average molecular weight is 280 g/mol. The van der Waals surface area contributed by atoms with Gasteiger partial charge in [0, 0.05) is 11.5 Å². The number of hydrogen-bond acceptors (Lipinski definition) is 2. The van der Waals surface area contributed by atoms with E-state index in [1.54, 1.807) is 0 Å². The van der Waals surface area contributed by atoms with Crippen molar-refractivity contribution in [1.29, 1.82) is 0 Å². The lowest BCUT2D eigenvalue weighted by molar-refractivity contribution is -0.133. The molecule has 1 heterocycles. The molecule has 2 fully saturated rings. The van der Waals surface area contributed by atoms with Crippen molar-refractivity contribution < 1.29 is 4.79 Å². The van der Waals surface area contributed by atoms with Crippen molar-refractivity contribution in [3.8, 4) is 0 Å². The maximum Gasteiger partial charge on any atom is 0.226 e. The van der Waals surface area contributed by atoms with Gasteiger partial charge in [-0.2, -0.15) is 0 Å². The van der Waals surface area contributed by atoms with Crippen molar-refractivity contribution in [3.05, 3.63) is 0 Å². The highest BCUT2D eigenvalue weighted by molar-refractivity contribution is 5.82. The van der Waals surface area contributed by atoms with E-state index in [2.05, 4.69) is 38.3 Å². The minimum absolute atomic E-state index is 0.255. The predicted octanol–water partition coefficient (Wildman–Crippen LogP) is 3.10. The highest BCUT2D eigenvalue weighted by Gasteiger charge is 2.39. The van der Waals surface area contributed by atoms with Crippen LogP contribution in [0.4, 0.5) is 0 Å². The zero-order chi connectivity index (χ0) is 14.8. The third-order valence-electron chi connectivity index (χ3n) is 5.44. The molecular weight excluding hydrogens is 248 g/mol. The molecule has 0 aromatic rings. The molecule has 3 heteroatoms. The number of nitrogens with one attached hydrogen (secondary N) is 2. The fourth-order valence-corrected chi connectivity index (χ4v) is 3.85. The SMILES string of the molecule is CC1(C)CCCC(NC(=O)C(C)(C)C2CCCNC2)C1. The Balaban J connectivity index is 1.92. The van der Waals surface area contributed by atoms with E-state index in [-0.39, 0.29) is 11.3 Å². The Morgan fingerprint density at radius 3 is 2.60 bits per heavy atom. The van der Waals surface area contributed by atoms with Gasteiger partial charge in [0.2, 0.25) is 5.91 Å². The lowest BCUT2D eigenvalue weighted by Gasteiger charge is -2.40. The zero-order valence-electron chi connectivity index (χ0n) is 13.7. The van der Waals surface area contributed by atoms with Crippen LogP contribution in [0.3, 0.4) is 0 Å². The van der Waals surface area contributed by atoms with Crippen LogP contribution in [0, 0.1) is 16.7 Å². The van der Waals surface area contributed by atoms with Gasteiger partial charge in [-0.3, -0.25) is 4.79 Å². The number of carbonyl (C=O) groups excluding carboxylic acids is 1. The average Bonchev–Trinajstić information content (AvgIpc) is 2.38. The van der Waals surface area contributed by atoms with Gasteiger partial charge >= 0.3 is 0 Å². The van der Waals surface area contributed by atoms with Crippen LogP contribution in [0.15, 0.2) is 0 Å². The van der Waals surface area contributed by atoms with Gasteiger partial charge in [-0.1, -0.05) is 34.1 Å². The van der Waals surface area contributed by atoms with E-state index in [0.717, 1.165) is 25.9 Å². The molecule has 2 unspecified atom stereocenters. The first-order chi connectivity index (χ1) is 9.31. The summed E-state index contributed by atoms with van der Waals surface area (Å²) < 4.78 is 0. The molecule has 1 aliphatic heterocycles. The first-order valence-corrected chi connectivity index (χ1v) is 8.33. The molecule has 116 valence electrons. The van der Waals surface area contributed by atoms with Gasteiger partial charge < -0.3 is 10.6 Å². The smallest absolute Gasteiger partial charge is 0.226 e. The molecule has 20 heavy (non-hydrogen) atoms.